The molecule has 4 rings (SSSR count). The molecule has 2 fully saturated rings. The van der Waals surface area contributed by atoms with Crippen LogP contribution in [0.25, 0.3) is 0 Å². The monoisotopic (exact) mass is 340 g/mol. The Labute approximate surface area is 147 Å². The summed E-state index contributed by atoms with van der Waals surface area (Å²) in [4.78, 5) is 31.8. The summed E-state index contributed by atoms with van der Waals surface area (Å²) < 4.78 is 4.03. The standard InChI is InChI=1S/C19H24N4O2/c1-12-9-15(24)14(10-21(12)4)18(25)23-11-19(2,3)16(23)17-20-7-8-22(17)13-5-6-13/h7-10,13,16H,5-6,11H2,1-4H3. The van der Waals surface area contributed by atoms with Gasteiger partial charge >= 0.3 is 0 Å². The van der Waals surface area contributed by atoms with Gasteiger partial charge in [-0.3, -0.25) is 9.59 Å². The topological polar surface area (TPSA) is 60.1 Å². The minimum atomic E-state index is -0.213. The fourth-order valence-corrected chi connectivity index (χ4v) is 3.85. The van der Waals surface area contributed by atoms with Gasteiger partial charge in [-0.1, -0.05) is 13.8 Å². The van der Waals surface area contributed by atoms with Crippen molar-refractivity contribution in [3.05, 3.63) is 52.0 Å². The highest BCUT2D eigenvalue weighted by atomic mass is 16.2. The van der Waals surface area contributed by atoms with E-state index < -0.39 is 0 Å². The molecule has 1 unspecified atom stereocenters. The third-order valence-electron chi connectivity index (χ3n) is 5.49. The summed E-state index contributed by atoms with van der Waals surface area (Å²) >= 11 is 0. The Hall–Kier alpha value is -2.37. The molecular weight excluding hydrogens is 316 g/mol. The lowest BCUT2D eigenvalue weighted by molar-refractivity contribution is -0.0380. The summed E-state index contributed by atoms with van der Waals surface area (Å²) in [6, 6.07) is 1.94. The van der Waals surface area contributed by atoms with Crippen LogP contribution in [0.2, 0.25) is 0 Å². The summed E-state index contributed by atoms with van der Waals surface area (Å²) in [6.07, 6.45) is 7.81. The first kappa shape index (κ1) is 16.1. The van der Waals surface area contributed by atoms with E-state index in [1.807, 2.05) is 30.9 Å². The second-order valence-electron chi connectivity index (χ2n) is 8.05. The number of carbonyl (C=O) groups is 1. The van der Waals surface area contributed by atoms with Gasteiger partial charge in [-0.05, 0) is 19.8 Å². The molecule has 2 aliphatic rings. The van der Waals surface area contributed by atoms with E-state index in [0.29, 0.717) is 12.6 Å². The van der Waals surface area contributed by atoms with E-state index in [1.54, 1.807) is 11.1 Å². The first-order valence-electron chi connectivity index (χ1n) is 8.80. The van der Waals surface area contributed by atoms with E-state index in [1.165, 1.54) is 18.9 Å². The molecule has 0 spiro atoms. The van der Waals surface area contributed by atoms with Crippen molar-refractivity contribution in [3.8, 4) is 0 Å². The number of imidazole rings is 1. The van der Waals surface area contributed by atoms with Crippen LogP contribution in [-0.4, -0.2) is 31.5 Å². The molecule has 1 saturated heterocycles. The van der Waals surface area contributed by atoms with Crippen LogP contribution in [0.1, 0.15) is 60.6 Å². The molecule has 6 heteroatoms. The van der Waals surface area contributed by atoms with Crippen molar-refractivity contribution in [2.24, 2.45) is 12.5 Å². The number of hydrogen-bond donors (Lipinski definition) is 0. The van der Waals surface area contributed by atoms with E-state index in [2.05, 4.69) is 23.4 Å². The summed E-state index contributed by atoms with van der Waals surface area (Å²) in [7, 11) is 1.85. The maximum absolute atomic E-state index is 13.1. The first-order chi connectivity index (χ1) is 11.8. The minimum Gasteiger partial charge on any atom is -0.354 e. The van der Waals surface area contributed by atoms with Crippen LogP contribution in [0.5, 0.6) is 0 Å². The second-order valence-corrected chi connectivity index (χ2v) is 8.05. The first-order valence-corrected chi connectivity index (χ1v) is 8.80. The molecule has 1 aliphatic carbocycles. The molecule has 1 aliphatic heterocycles. The molecule has 3 heterocycles. The quantitative estimate of drug-likeness (QED) is 0.862. The molecule has 0 aromatic carbocycles. The highest BCUT2D eigenvalue weighted by Crippen LogP contribution is 2.50. The number of likely N-dealkylation sites (tertiary alicyclic amines) is 1. The summed E-state index contributed by atoms with van der Waals surface area (Å²) in [5, 5.41) is 0. The van der Waals surface area contributed by atoms with Crippen LogP contribution in [0.15, 0.2) is 29.5 Å². The molecule has 2 aromatic rings. The lowest BCUT2D eigenvalue weighted by Gasteiger charge is -2.53. The second kappa shape index (κ2) is 5.31. The zero-order chi connectivity index (χ0) is 17.9. The van der Waals surface area contributed by atoms with E-state index in [9.17, 15) is 9.59 Å². The third kappa shape index (κ3) is 2.51. The minimum absolute atomic E-state index is 0.0520. The van der Waals surface area contributed by atoms with Crippen molar-refractivity contribution in [1.82, 2.24) is 19.0 Å². The van der Waals surface area contributed by atoms with Gasteiger partial charge in [0.25, 0.3) is 5.91 Å². The van der Waals surface area contributed by atoms with E-state index in [0.717, 1.165) is 11.5 Å². The van der Waals surface area contributed by atoms with Crippen LogP contribution >= 0.6 is 0 Å². The molecule has 6 nitrogen and oxygen atoms in total. The Morgan fingerprint density at radius 3 is 2.68 bits per heavy atom. The molecule has 1 atom stereocenters. The molecule has 0 N–H and O–H groups in total. The zero-order valence-electron chi connectivity index (χ0n) is 15.2. The zero-order valence-corrected chi connectivity index (χ0v) is 15.2. The number of hydrogen-bond acceptors (Lipinski definition) is 3. The molecule has 25 heavy (non-hydrogen) atoms. The number of carbonyl (C=O) groups excluding carboxylic acids is 1. The molecule has 1 amide bonds. The fourth-order valence-electron chi connectivity index (χ4n) is 3.85. The predicted octanol–water partition coefficient (Wildman–Crippen LogP) is 2.45. The maximum atomic E-state index is 13.1. The van der Waals surface area contributed by atoms with Crippen molar-refractivity contribution in [2.75, 3.05) is 6.54 Å². The average molecular weight is 340 g/mol. The largest absolute Gasteiger partial charge is 0.354 e. The van der Waals surface area contributed by atoms with Gasteiger partial charge in [-0.2, -0.15) is 0 Å². The number of pyridine rings is 1. The Morgan fingerprint density at radius 1 is 1.32 bits per heavy atom. The summed E-state index contributed by atoms with van der Waals surface area (Å²) in [5.41, 5.74) is 0.808. The lowest BCUT2D eigenvalue weighted by atomic mass is 9.74. The maximum Gasteiger partial charge on any atom is 0.259 e. The Kier molecular flexibility index (Phi) is 3.42. The van der Waals surface area contributed by atoms with Crippen LogP contribution in [0.3, 0.4) is 0 Å². The van der Waals surface area contributed by atoms with Gasteiger partial charge in [0, 0.05) is 55.4 Å². The molecular formula is C19H24N4O2. The van der Waals surface area contributed by atoms with Crippen LogP contribution in [-0.2, 0) is 7.05 Å². The van der Waals surface area contributed by atoms with Crippen molar-refractivity contribution >= 4 is 5.91 Å². The van der Waals surface area contributed by atoms with E-state index >= 15 is 0 Å². The normalized spacial score (nSPS) is 21.9. The van der Waals surface area contributed by atoms with E-state index in [-0.39, 0.29) is 28.4 Å². The van der Waals surface area contributed by atoms with Gasteiger partial charge < -0.3 is 14.0 Å². The molecule has 0 radical (unpaired) electrons. The van der Waals surface area contributed by atoms with Gasteiger partial charge in [-0.25, -0.2) is 4.98 Å². The highest BCUT2D eigenvalue weighted by molar-refractivity contribution is 5.94. The molecule has 132 valence electrons. The van der Waals surface area contributed by atoms with E-state index in [4.69, 9.17) is 0 Å². The Morgan fingerprint density at radius 2 is 2.04 bits per heavy atom. The van der Waals surface area contributed by atoms with Crippen molar-refractivity contribution in [3.63, 3.8) is 0 Å². The summed E-state index contributed by atoms with van der Waals surface area (Å²) in [6.45, 7) is 6.80. The molecule has 1 saturated carbocycles. The van der Waals surface area contributed by atoms with Crippen molar-refractivity contribution in [1.29, 1.82) is 0 Å². The number of aryl methyl sites for hydroxylation is 2. The SMILES string of the molecule is Cc1cc(=O)c(C(=O)N2CC(C)(C)C2c2nccn2C2CC2)cn1C. The molecule has 0 bridgehead atoms. The van der Waals surface area contributed by atoms with Crippen LogP contribution in [0.4, 0.5) is 0 Å². The van der Waals surface area contributed by atoms with Crippen molar-refractivity contribution < 1.29 is 4.79 Å². The van der Waals surface area contributed by atoms with Gasteiger partial charge in [-0.15, -0.1) is 0 Å². The number of amides is 1. The number of rotatable bonds is 3. The molecule has 2 aromatic heterocycles. The third-order valence-corrected chi connectivity index (χ3v) is 5.49. The van der Waals surface area contributed by atoms with Gasteiger partial charge in [0.05, 0.1) is 6.04 Å². The smallest absolute Gasteiger partial charge is 0.259 e. The summed E-state index contributed by atoms with van der Waals surface area (Å²) in [5.74, 6) is 0.742. The number of nitrogens with zero attached hydrogens (tertiary/aromatic N) is 4. The fraction of sp³-hybridized carbons (Fsp3) is 0.526. The average Bonchev–Trinajstić information content (AvgIpc) is 3.28. The van der Waals surface area contributed by atoms with Gasteiger partial charge in [0.2, 0.25) is 0 Å². The Bertz CT molecular complexity index is 904. The van der Waals surface area contributed by atoms with Crippen LogP contribution in [0, 0.1) is 12.3 Å². The van der Waals surface area contributed by atoms with Crippen molar-refractivity contribution in [2.45, 2.75) is 45.7 Å². The lowest BCUT2D eigenvalue weighted by Crippen LogP contribution is -2.59. The van der Waals surface area contributed by atoms with Gasteiger partial charge in [0.15, 0.2) is 5.43 Å². The number of aromatic nitrogens is 3. The highest BCUT2D eigenvalue weighted by Gasteiger charge is 2.52. The van der Waals surface area contributed by atoms with Gasteiger partial charge in [0.1, 0.15) is 11.4 Å². The Balaban J connectivity index is 1.70. The van der Waals surface area contributed by atoms with Crippen LogP contribution < -0.4 is 5.43 Å². The predicted molar refractivity (Wildman–Crippen MR) is 94.5 cm³/mol.